The molecule has 106 valence electrons. The van der Waals surface area contributed by atoms with E-state index in [0.29, 0.717) is 0 Å². The minimum atomic E-state index is 0.756. The third-order valence-corrected chi connectivity index (χ3v) is 4.08. The molecule has 1 aliphatic heterocycles. The number of hydrogen-bond acceptors (Lipinski definition) is 2. The van der Waals surface area contributed by atoms with Gasteiger partial charge in [0.2, 0.25) is 0 Å². The highest BCUT2D eigenvalue weighted by molar-refractivity contribution is 6.30. The van der Waals surface area contributed by atoms with E-state index in [1.165, 1.54) is 38.9 Å². The normalized spacial score (nSPS) is 17.6. The van der Waals surface area contributed by atoms with Gasteiger partial charge in [-0.1, -0.05) is 18.5 Å². The van der Waals surface area contributed by atoms with E-state index in [0.717, 1.165) is 29.7 Å². The zero-order valence-corrected chi connectivity index (χ0v) is 12.5. The molecule has 0 saturated carbocycles. The molecule has 0 aromatic heterocycles. The van der Waals surface area contributed by atoms with Crippen molar-refractivity contribution in [2.75, 3.05) is 26.2 Å². The summed E-state index contributed by atoms with van der Waals surface area (Å²) in [6.45, 7) is 6.93. The van der Waals surface area contributed by atoms with Crippen molar-refractivity contribution in [3.63, 3.8) is 0 Å². The van der Waals surface area contributed by atoms with Gasteiger partial charge in [0.15, 0.2) is 0 Å². The molecule has 0 unspecified atom stereocenters. The van der Waals surface area contributed by atoms with Crippen LogP contribution in [0.15, 0.2) is 24.3 Å². The van der Waals surface area contributed by atoms with Gasteiger partial charge in [0, 0.05) is 5.02 Å². The molecule has 1 heterocycles. The SMILES string of the molecule is CC1CCN(CCCCOc2ccc(Cl)cc2)CC1. The van der Waals surface area contributed by atoms with Crippen molar-refractivity contribution in [1.29, 1.82) is 0 Å². The highest BCUT2D eigenvalue weighted by Crippen LogP contribution is 2.17. The number of nitrogens with zero attached hydrogens (tertiary/aromatic N) is 1. The van der Waals surface area contributed by atoms with Gasteiger partial charge in [-0.15, -0.1) is 0 Å². The fourth-order valence-electron chi connectivity index (χ4n) is 2.44. The fourth-order valence-corrected chi connectivity index (χ4v) is 2.57. The molecule has 0 atom stereocenters. The number of ether oxygens (including phenoxy) is 1. The summed E-state index contributed by atoms with van der Waals surface area (Å²) in [5, 5.41) is 0.756. The number of hydrogen-bond donors (Lipinski definition) is 0. The first-order valence-corrected chi connectivity index (χ1v) is 7.72. The van der Waals surface area contributed by atoms with E-state index in [4.69, 9.17) is 16.3 Å². The number of piperidine rings is 1. The molecule has 0 radical (unpaired) electrons. The Morgan fingerprint density at radius 2 is 1.84 bits per heavy atom. The van der Waals surface area contributed by atoms with E-state index in [2.05, 4.69) is 11.8 Å². The second-order valence-electron chi connectivity index (χ2n) is 5.53. The van der Waals surface area contributed by atoms with E-state index in [9.17, 15) is 0 Å². The van der Waals surface area contributed by atoms with Gasteiger partial charge in [0.25, 0.3) is 0 Å². The number of benzene rings is 1. The number of halogens is 1. The van der Waals surface area contributed by atoms with Crippen LogP contribution in [0.5, 0.6) is 5.75 Å². The molecule has 19 heavy (non-hydrogen) atoms. The Morgan fingerprint density at radius 3 is 2.53 bits per heavy atom. The van der Waals surface area contributed by atoms with Crippen LogP contribution < -0.4 is 4.74 Å². The van der Waals surface area contributed by atoms with Crippen LogP contribution in [0.3, 0.4) is 0 Å². The van der Waals surface area contributed by atoms with Crippen molar-refractivity contribution in [3.05, 3.63) is 29.3 Å². The Labute approximate surface area is 121 Å². The van der Waals surface area contributed by atoms with Gasteiger partial charge in [-0.05, 0) is 75.5 Å². The van der Waals surface area contributed by atoms with Crippen molar-refractivity contribution in [2.45, 2.75) is 32.6 Å². The summed E-state index contributed by atoms with van der Waals surface area (Å²) in [5.41, 5.74) is 0. The van der Waals surface area contributed by atoms with Crippen LogP contribution in [0.25, 0.3) is 0 Å². The summed E-state index contributed by atoms with van der Waals surface area (Å²) in [6.07, 6.45) is 5.07. The van der Waals surface area contributed by atoms with E-state index < -0.39 is 0 Å². The standard InChI is InChI=1S/C16H24ClNO/c1-14-8-11-18(12-9-14)10-2-3-13-19-16-6-4-15(17)5-7-16/h4-7,14H,2-3,8-13H2,1H3. The molecule has 1 fully saturated rings. The molecule has 1 aromatic carbocycles. The zero-order valence-electron chi connectivity index (χ0n) is 11.8. The van der Waals surface area contributed by atoms with E-state index in [-0.39, 0.29) is 0 Å². The predicted octanol–water partition coefficient (Wildman–Crippen LogP) is 4.23. The van der Waals surface area contributed by atoms with Crippen LogP contribution in [0.1, 0.15) is 32.6 Å². The van der Waals surface area contributed by atoms with Crippen LogP contribution in [0.2, 0.25) is 5.02 Å². The van der Waals surface area contributed by atoms with Crippen molar-refractivity contribution in [2.24, 2.45) is 5.92 Å². The number of rotatable bonds is 6. The predicted molar refractivity (Wildman–Crippen MR) is 81.0 cm³/mol. The summed E-state index contributed by atoms with van der Waals surface area (Å²) in [7, 11) is 0. The Hall–Kier alpha value is -0.730. The van der Waals surface area contributed by atoms with Gasteiger partial charge in [-0.25, -0.2) is 0 Å². The van der Waals surface area contributed by atoms with Gasteiger partial charge < -0.3 is 9.64 Å². The first kappa shape index (κ1) is 14.7. The minimum absolute atomic E-state index is 0.756. The first-order chi connectivity index (χ1) is 9.24. The van der Waals surface area contributed by atoms with E-state index in [1.54, 1.807) is 0 Å². The molecule has 0 spiro atoms. The average molecular weight is 282 g/mol. The quantitative estimate of drug-likeness (QED) is 0.724. The molecular weight excluding hydrogens is 258 g/mol. The summed E-state index contributed by atoms with van der Waals surface area (Å²) in [6, 6.07) is 7.58. The highest BCUT2D eigenvalue weighted by atomic mass is 35.5. The third-order valence-electron chi connectivity index (χ3n) is 3.83. The van der Waals surface area contributed by atoms with Crippen LogP contribution in [-0.4, -0.2) is 31.1 Å². The molecule has 0 aliphatic carbocycles. The van der Waals surface area contributed by atoms with Crippen LogP contribution in [0.4, 0.5) is 0 Å². The Balaban J connectivity index is 1.53. The maximum atomic E-state index is 5.83. The molecule has 3 heteroatoms. The maximum Gasteiger partial charge on any atom is 0.119 e. The second-order valence-corrected chi connectivity index (χ2v) is 5.97. The van der Waals surface area contributed by atoms with E-state index >= 15 is 0 Å². The highest BCUT2D eigenvalue weighted by Gasteiger charge is 2.14. The second kappa shape index (κ2) is 7.76. The lowest BCUT2D eigenvalue weighted by molar-refractivity contribution is 0.185. The largest absolute Gasteiger partial charge is 0.494 e. The monoisotopic (exact) mass is 281 g/mol. The lowest BCUT2D eigenvalue weighted by Crippen LogP contribution is -2.33. The van der Waals surface area contributed by atoms with Gasteiger partial charge in [-0.3, -0.25) is 0 Å². The molecule has 2 rings (SSSR count). The van der Waals surface area contributed by atoms with Crippen molar-refractivity contribution in [3.8, 4) is 5.75 Å². The van der Waals surface area contributed by atoms with Gasteiger partial charge in [-0.2, -0.15) is 0 Å². The minimum Gasteiger partial charge on any atom is -0.494 e. The van der Waals surface area contributed by atoms with Crippen molar-refractivity contribution < 1.29 is 4.74 Å². The molecule has 2 nitrogen and oxygen atoms in total. The lowest BCUT2D eigenvalue weighted by Gasteiger charge is -2.30. The maximum absolute atomic E-state index is 5.83. The molecule has 0 N–H and O–H groups in total. The average Bonchev–Trinajstić information content (AvgIpc) is 2.43. The van der Waals surface area contributed by atoms with Crippen LogP contribution in [-0.2, 0) is 0 Å². The summed E-state index contributed by atoms with van der Waals surface area (Å²) >= 11 is 5.83. The van der Waals surface area contributed by atoms with Crippen LogP contribution >= 0.6 is 11.6 Å². The lowest BCUT2D eigenvalue weighted by atomic mass is 9.99. The Morgan fingerprint density at radius 1 is 1.16 bits per heavy atom. The number of unbranched alkanes of at least 4 members (excludes halogenated alkanes) is 1. The summed E-state index contributed by atoms with van der Waals surface area (Å²) in [4.78, 5) is 2.59. The summed E-state index contributed by atoms with van der Waals surface area (Å²) < 4.78 is 5.69. The molecule has 0 bridgehead atoms. The number of likely N-dealkylation sites (tertiary alicyclic amines) is 1. The fraction of sp³-hybridized carbons (Fsp3) is 0.625. The van der Waals surface area contributed by atoms with E-state index in [1.807, 2.05) is 24.3 Å². The Kier molecular flexibility index (Phi) is 5.99. The van der Waals surface area contributed by atoms with Gasteiger partial charge in [0.1, 0.15) is 5.75 Å². The molecule has 1 aliphatic rings. The van der Waals surface area contributed by atoms with Gasteiger partial charge in [0.05, 0.1) is 6.61 Å². The first-order valence-electron chi connectivity index (χ1n) is 7.35. The molecular formula is C16H24ClNO. The Bertz CT molecular complexity index is 358. The topological polar surface area (TPSA) is 12.5 Å². The smallest absolute Gasteiger partial charge is 0.119 e. The van der Waals surface area contributed by atoms with Crippen molar-refractivity contribution in [1.82, 2.24) is 4.90 Å². The van der Waals surface area contributed by atoms with Crippen LogP contribution in [0, 0.1) is 5.92 Å². The zero-order chi connectivity index (χ0) is 13.5. The van der Waals surface area contributed by atoms with Gasteiger partial charge >= 0.3 is 0 Å². The molecule has 0 amide bonds. The van der Waals surface area contributed by atoms with Crippen molar-refractivity contribution >= 4 is 11.6 Å². The summed E-state index contributed by atoms with van der Waals surface area (Å²) in [5.74, 6) is 1.83. The third kappa shape index (κ3) is 5.42. The molecule has 1 saturated heterocycles. The molecule has 1 aromatic rings.